The number of urea groups is 1. The number of amides is 2. The quantitative estimate of drug-likeness (QED) is 0.732. The van der Waals surface area contributed by atoms with Gasteiger partial charge >= 0.3 is 12.0 Å². The zero-order valence-electron chi connectivity index (χ0n) is 10.4. The van der Waals surface area contributed by atoms with Crippen molar-refractivity contribution in [2.75, 3.05) is 32.0 Å². The van der Waals surface area contributed by atoms with Crippen LogP contribution in [-0.4, -0.2) is 48.7 Å². The molecular weight excluding hydrogens is 254 g/mol. The predicted molar refractivity (Wildman–Crippen MR) is 71.5 cm³/mol. The van der Waals surface area contributed by atoms with Crippen molar-refractivity contribution in [2.24, 2.45) is 0 Å². The van der Waals surface area contributed by atoms with Crippen molar-refractivity contribution in [3.8, 4) is 0 Å². The van der Waals surface area contributed by atoms with Gasteiger partial charge in [-0.2, -0.15) is 0 Å². The van der Waals surface area contributed by atoms with Crippen LogP contribution in [0.5, 0.6) is 0 Å². The molecule has 0 aliphatic heterocycles. The van der Waals surface area contributed by atoms with E-state index in [1.54, 1.807) is 5.38 Å². The van der Waals surface area contributed by atoms with Crippen molar-refractivity contribution in [3.05, 3.63) is 17.0 Å². The topological polar surface area (TPSA) is 81.7 Å². The molecule has 6 nitrogen and oxygen atoms in total. The van der Waals surface area contributed by atoms with Crippen molar-refractivity contribution in [1.82, 2.24) is 10.2 Å². The molecule has 0 aliphatic rings. The van der Waals surface area contributed by atoms with Crippen LogP contribution in [-0.2, 0) is 0 Å². The number of anilines is 1. The molecule has 0 aliphatic carbocycles. The molecule has 0 fully saturated rings. The van der Waals surface area contributed by atoms with Crippen LogP contribution in [0.15, 0.2) is 11.4 Å². The van der Waals surface area contributed by atoms with Crippen molar-refractivity contribution in [1.29, 1.82) is 0 Å². The smallest absolute Gasteiger partial charge is 0.338 e. The second-order valence-corrected chi connectivity index (χ2v) is 4.66. The van der Waals surface area contributed by atoms with Crippen LogP contribution in [0.1, 0.15) is 17.3 Å². The van der Waals surface area contributed by atoms with Crippen LogP contribution in [0, 0.1) is 0 Å². The minimum atomic E-state index is -1.04. The first-order valence-corrected chi connectivity index (χ1v) is 6.46. The normalized spacial score (nSPS) is 10.4. The fourth-order valence-corrected chi connectivity index (χ4v) is 2.01. The van der Waals surface area contributed by atoms with Gasteiger partial charge in [0.25, 0.3) is 0 Å². The van der Waals surface area contributed by atoms with Gasteiger partial charge in [-0.15, -0.1) is 11.3 Å². The fraction of sp³-hybridized carbons (Fsp3) is 0.455. The summed E-state index contributed by atoms with van der Waals surface area (Å²) < 4.78 is 0. The summed E-state index contributed by atoms with van der Waals surface area (Å²) in [5.41, 5.74) is 0.112. The molecular formula is C11H17N3O3S. The Morgan fingerprint density at radius 1 is 1.50 bits per heavy atom. The van der Waals surface area contributed by atoms with Gasteiger partial charge in [-0.25, -0.2) is 9.59 Å². The second kappa shape index (κ2) is 6.97. The number of likely N-dealkylation sites (N-methyl/N-ethyl adjacent to an activating group) is 1. The number of carbonyl (C=O) groups is 2. The number of rotatable bonds is 6. The number of nitrogens with zero attached hydrogens (tertiary/aromatic N) is 1. The van der Waals surface area contributed by atoms with Gasteiger partial charge in [0.05, 0.1) is 5.56 Å². The van der Waals surface area contributed by atoms with Gasteiger partial charge in [0.1, 0.15) is 5.00 Å². The van der Waals surface area contributed by atoms with E-state index in [9.17, 15) is 9.59 Å². The van der Waals surface area contributed by atoms with Gasteiger partial charge < -0.3 is 15.3 Å². The standard InChI is InChI=1S/C11H17N3O3S/c1-3-14(2)6-5-12-11(17)13-9-8(10(15)16)4-7-18-9/h4,7H,3,5-6H2,1-2H3,(H,15,16)(H2,12,13,17). The lowest BCUT2D eigenvalue weighted by Gasteiger charge is -2.14. The second-order valence-electron chi connectivity index (χ2n) is 3.75. The number of carboxylic acids is 1. The van der Waals surface area contributed by atoms with E-state index in [1.807, 2.05) is 14.0 Å². The first-order valence-electron chi connectivity index (χ1n) is 5.58. The summed E-state index contributed by atoms with van der Waals surface area (Å²) in [5.74, 6) is -1.04. The van der Waals surface area contributed by atoms with Crippen LogP contribution in [0.3, 0.4) is 0 Å². The summed E-state index contributed by atoms with van der Waals surface area (Å²) in [6.45, 7) is 4.21. The lowest BCUT2D eigenvalue weighted by Crippen LogP contribution is -2.35. The van der Waals surface area contributed by atoms with Crippen molar-refractivity contribution >= 4 is 28.3 Å². The number of aromatic carboxylic acids is 1. The van der Waals surface area contributed by atoms with Crippen molar-refractivity contribution < 1.29 is 14.7 Å². The van der Waals surface area contributed by atoms with E-state index in [1.165, 1.54) is 17.4 Å². The van der Waals surface area contributed by atoms with Crippen LogP contribution in [0.2, 0.25) is 0 Å². The summed E-state index contributed by atoms with van der Waals surface area (Å²) in [4.78, 5) is 24.4. The van der Waals surface area contributed by atoms with Crippen LogP contribution >= 0.6 is 11.3 Å². The molecule has 0 radical (unpaired) electrons. The molecule has 0 saturated heterocycles. The van der Waals surface area contributed by atoms with Crippen LogP contribution < -0.4 is 10.6 Å². The van der Waals surface area contributed by atoms with Gasteiger partial charge in [-0.1, -0.05) is 6.92 Å². The first-order chi connectivity index (χ1) is 8.54. The number of carboxylic acid groups (broad SMARTS) is 1. The minimum absolute atomic E-state index is 0.112. The summed E-state index contributed by atoms with van der Waals surface area (Å²) in [5, 5.41) is 16.1. The molecule has 0 saturated carbocycles. The van der Waals surface area contributed by atoms with Gasteiger partial charge in [0.15, 0.2) is 0 Å². The molecule has 1 heterocycles. The number of nitrogens with one attached hydrogen (secondary N) is 2. The monoisotopic (exact) mass is 271 g/mol. The van der Waals surface area contributed by atoms with Gasteiger partial charge in [0, 0.05) is 13.1 Å². The lowest BCUT2D eigenvalue weighted by atomic mass is 10.3. The molecule has 2 amide bonds. The van der Waals surface area contributed by atoms with Gasteiger partial charge in [-0.3, -0.25) is 5.32 Å². The molecule has 1 rings (SSSR count). The third kappa shape index (κ3) is 4.34. The summed E-state index contributed by atoms with van der Waals surface area (Å²) in [6, 6.07) is 1.08. The average molecular weight is 271 g/mol. The first kappa shape index (κ1) is 14.5. The Labute approximate surface area is 110 Å². The van der Waals surface area contributed by atoms with Crippen LogP contribution in [0.4, 0.5) is 9.80 Å². The molecule has 0 bridgehead atoms. The number of thiophene rings is 1. The van der Waals surface area contributed by atoms with E-state index < -0.39 is 5.97 Å². The SMILES string of the molecule is CCN(C)CCNC(=O)Nc1sccc1C(=O)O. The highest BCUT2D eigenvalue weighted by atomic mass is 32.1. The lowest BCUT2D eigenvalue weighted by molar-refractivity contribution is 0.0698. The van der Waals surface area contributed by atoms with E-state index in [0.717, 1.165) is 13.1 Å². The number of carbonyl (C=O) groups excluding carboxylic acids is 1. The highest BCUT2D eigenvalue weighted by molar-refractivity contribution is 7.14. The third-order valence-corrected chi connectivity index (χ3v) is 3.27. The number of hydrogen-bond acceptors (Lipinski definition) is 4. The molecule has 0 aromatic carbocycles. The van der Waals surface area contributed by atoms with E-state index in [-0.39, 0.29) is 11.6 Å². The van der Waals surface area contributed by atoms with E-state index in [4.69, 9.17) is 5.11 Å². The molecule has 100 valence electrons. The maximum Gasteiger partial charge on any atom is 0.338 e. The molecule has 7 heteroatoms. The highest BCUT2D eigenvalue weighted by Crippen LogP contribution is 2.22. The molecule has 0 spiro atoms. The Balaban J connectivity index is 2.40. The Hall–Kier alpha value is -1.60. The Morgan fingerprint density at radius 2 is 2.22 bits per heavy atom. The predicted octanol–water partition coefficient (Wildman–Crippen LogP) is 1.52. The summed E-state index contributed by atoms with van der Waals surface area (Å²) in [7, 11) is 1.96. The third-order valence-electron chi connectivity index (χ3n) is 2.44. The Bertz CT molecular complexity index is 419. The van der Waals surface area contributed by atoms with Gasteiger partial charge in [0.2, 0.25) is 0 Å². The summed E-state index contributed by atoms with van der Waals surface area (Å²) in [6.07, 6.45) is 0. The van der Waals surface area contributed by atoms with E-state index >= 15 is 0 Å². The Kier molecular flexibility index (Phi) is 5.60. The number of hydrogen-bond donors (Lipinski definition) is 3. The zero-order chi connectivity index (χ0) is 13.5. The molecule has 1 aromatic heterocycles. The minimum Gasteiger partial charge on any atom is -0.478 e. The maximum absolute atomic E-state index is 11.5. The highest BCUT2D eigenvalue weighted by Gasteiger charge is 2.13. The summed E-state index contributed by atoms with van der Waals surface area (Å²) >= 11 is 1.19. The molecule has 0 unspecified atom stereocenters. The maximum atomic E-state index is 11.5. The largest absolute Gasteiger partial charge is 0.478 e. The molecule has 18 heavy (non-hydrogen) atoms. The fourth-order valence-electron chi connectivity index (χ4n) is 1.24. The molecule has 1 aromatic rings. The Morgan fingerprint density at radius 3 is 2.83 bits per heavy atom. The molecule has 3 N–H and O–H groups in total. The van der Waals surface area contributed by atoms with Crippen molar-refractivity contribution in [2.45, 2.75) is 6.92 Å². The molecule has 0 atom stereocenters. The van der Waals surface area contributed by atoms with Crippen LogP contribution in [0.25, 0.3) is 0 Å². The zero-order valence-corrected chi connectivity index (χ0v) is 11.2. The van der Waals surface area contributed by atoms with Crippen molar-refractivity contribution in [3.63, 3.8) is 0 Å². The van der Waals surface area contributed by atoms with E-state index in [2.05, 4.69) is 15.5 Å². The van der Waals surface area contributed by atoms with E-state index in [0.29, 0.717) is 11.5 Å². The van der Waals surface area contributed by atoms with Gasteiger partial charge in [-0.05, 0) is 25.0 Å². The average Bonchev–Trinajstić information content (AvgIpc) is 2.76.